The van der Waals surface area contributed by atoms with Gasteiger partial charge in [-0.3, -0.25) is 0 Å². The highest BCUT2D eigenvalue weighted by Crippen LogP contribution is 1.84. The van der Waals surface area contributed by atoms with Crippen molar-refractivity contribution in [2.75, 3.05) is 0 Å². The van der Waals surface area contributed by atoms with E-state index in [0.717, 1.165) is 16.4 Å². The molecule has 1 heterocycles. The van der Waals surface area contributed by atoms with Crippen LogP contribution in [0.25, 0.3) is 12.7 Å². The molecule has 0 bridgehead atoms. The summed E-state index contributed by atoms with van der Waals surface area (Å²) < 4.78 is 5.24. The van der Waals surface area contributed by atoms with E-state index in [9.17, 15) is 0 Å². The van der Waals surface area contributed by atoms with E-state index in [-0.39, 0.29) is 0 Å². The fourth-order valence-electron chi connectivity index (χ4n) is 0.923. The number of furan rings is 1. The molecule has 1 nitrogen and oxygen atoms in total. The number of hydrogen-bond acceptors (Lipinski definition) is 1. The van der Waals surface area contributed by atoms with Crippen LogP contribution in [0.5, 0.6) is 0 Å². The van der Waals surface area contributed by atoms with Crippen molar-refractivity contribution < 1.29 is 4.42 Å². The third-order valence-electron chi connectivity index (χ3n) is 1.43. The molecule has 0 N–H and O–H groups in total. The van der Waals surface area contributed by atoms with Crippen molar-refractivity contribution >= 4 is 12.7 Å². The first-order valence-corrected chi connectivity index (χ1v) is 3.62. The third kappa shape index (κ3) is 1.84. The molecule has 0 saturated heterocycles. The van der Waals surface area contributed by atoms with E-state index in [4.69, 9.17) is 4.42 Å². The van der Waals surface area contributed by atoms with Gasteiger partial charge in [-0.15, -0.1) is 0 Å². The van der Waals surface area contributed by atoms with Gasteiger partial charge in [-0.05, 0) is 19.9 Å². The van der Waals surface area contributed by atoms with Crippen molar-refractivity contribution in [3.05, 3.63) is 34.6 Å². The highest BCUT2D eigenvalue weighted by molar-refractivity contribution is 5.36. The summed E-state index contributed by atoms with van der Waals surface area (Å²) in [6.07, 6.45) is 5.93. The fraction of sp³-hybridized carbons (Fsp3) is 0.200. The number of rotatable bonds is 1. The van der Waals surface area contributed by atoms with Crippen molar-refractivity contribution in [2.45, 2.75) is 13.8 Å². The van der Waals surface area contributed by atoms with Crippen LogP contribution in [0.3, 0.4) is 0 Å². The highest BCUT2D eigenvalue weighted by atomic mass is 16.3. The standard InChI is InChI=1S/C10H12O/c1-4-5-6-10-7-8(2)11-9(10)3/h4-7H,3H2,1-2H3. The van der Waals surface area contributed by atoms with Crippen LogP contribution in [0.15, 0.2) is 22.6 Å². The molecule has 1 aromatic rings. The minimum atomic E-state index is 0.737. The minimum Gasteiger partial charge on any atom is -0.462 e. The summed E-state index contributed by atoms with van der Waals surface area (Å²) in [4.78, 5) is 0. The van der Waals surface area contributed by atoms with Gasteiger partial charge in [-0.1, -0.05) is 24.8 Å². The Bertz CT molecular complexity index is 355. The Kier molecular flexibility index (Phi) is 2.32. The summed E-state index contributed by atoms with van der Waals surface area (Å²) in [6, 6.07) is 1.97. The molecule has 0 aliphatic rings. The Morgan fingerprint density at radius 2 is 2.27 bits per heavy atom. The van der Waals surface area contributed by atoms with Crippen LogP contribution in [0.4, 0.5) is 0 Å². The fourth-order valence-corrected chi connectivity index (χ4v) is 0.923. The maximum Gasteiger partial charge on any atom is 0.127 e. The summed E-state index contributed by atoms with van der Waals surface area (Å²) in [7, 11) is 0. The molecule has 0 spiro atoms. The van der Waals surface area contributed by atoms with E-state index in [0.29, 0.717) is 0 Å². The largest absolute Gasteiger partial charge is 0.462 e. The predicted molar refractivity (Wildman–Crippen MR) is 47.5 cm³/mol. The first kappa shape index (κ1) is 7.86. The summed E-state index contributed by atoms with van der Waals surface area (Å²) in [5.41, 5.74) is 0.737. The first-order valence-electron chi connectivity index (χ1n) is 3.62. The van der Waals surface area contributed by atoms with Crippen molar-refractivity contribution in [1.29, 1.82) is 0 Å². The number of aryl methyl sites for hydroxylation is 1. The smallest absolute Gasteiger partial charge is 0.127 e. The van der Waals surface area contributed by atoms with Gasteiger partial charge >= 0.3 is 0 Å². The molecule has 0 radical (unpaired) electrons. The van der Waals surface area contributed by atoms with E-state index in [2.05, 4.69) is 6.58 Å². The molecule has 0 saturated carbocycles. The van der Waals surface area contributed by atoms with E-state index >= 15 is 0 Å². The maximum absolute atomic E-state index is 5.24. The van der Waals surface area contributed by atoms with Crippen molar-refractivity contribution in [2.24, 2.45) is 0 Å². The van der Waals surface area contributed by atoms with Gasteiger partial charge in [0.2, 0.25) is 0 Å². The Hall–Kier alpha value is -1.24. The van der Waals surface area contributed by atoms with Crippen LogP contribution in [0, 0.1) is 6.92 Å². The molecule has 0 aromatic carbocycles. The molecule has 0 aliphatic heterocycles. The zero-order valence-electron chi connectivity index (χ0n) is 6.92. The second kappa shape index (κ2) is 3.24. The van der Waals surface area contributed by atoms with Crippen molar-refractivity contribution in [1.82, 2.24) is 0 Å². The Morgan fingerprint density at radius 3 is 2.73 bits per heavy atom. The molecule has 1 aromatic heterocycles. The molecule has 0 amide bonds. The lowest BCUT2D eigenvalue weighted by atomic mass is 10.3. The van der Waals surface area contributed by atoms with Crippen molar-refractivity contribution in [3.8, 4) is 0 Å². The maximum atomic E-state index is 5.24. The first-order chi connectivity index (χ1) is 5.24. The summed E-state index contributed by atoms with van der Waals surface area (Å²) in [6.45, 7) is 7.66. The molecule has 0 fully saturated rings. The summed E-state index contributed by atoms with van der Waals surface area (Å²) in [5.74, 6) is 0.908. The van der Waals surface area contributed by atoms with E-state index in [1.165, 1.54) is 0 Å². The molecule has 1 heteroatoms. The lowest BCUT2D eigenvalue weighted by molar-refractivity contribution is 0.503. The SMILES string of the molecule is C=c1oc(C)cc1=CC=CC. The molecule has 1 rings (SSSR count). The van der Waals surface area contributed by atoms with Gasteiger partial charge in [0.25, 0.3) is 0 Å². The molecular weight excluding hydrogens is 136 g/mol. The zero-order valence-corrected chi connectivity index (χ0v) is 6.92. The second-order valence-electron chi connectivity index (χ2n) is 2.43. The minimum absolute atomic E-state index is 0.737. The topological polar surface area (TPSA) is 13.1 Å². The predicted octanol–water partition coefficient (Wildman–Crippen LogP) is 1.35. The van der Waals surface area contributed by atoms with Gasteiger partial charge < -0.3 is 4.42 Å². The molecule has 0 aliphatic carbocycles. The van der Waals surface area contributed by atoms with Crippen LogP contribution in [-0.2, 0) is 0 Å². The summed E-state index contributed by atoms with van der Waals surface area (Å²) >= 11 is 0. The van der Waals surface area contributed by atoms with Crippen LogP contribution < -0.4 is 10.6 Å². The van der Waals surface area contributed by atoms with E-state index < -0.39 is 0 Å². The Morgan fingerprint density at radius 1 is 1.55 bits per heavy atom. The van der Waals surface area contributed by atoms with Gasteiger partial charge in [0.1, 0.15) is 11.2 Å². The van der Waals surface area contributed by atoms with Gasteiger partial charge in [0, 0.05) is 5.22 Å². The molecule has 0 unspecified atom stereocenters. The Labute approximate surface area is 66.3 Å². The van der Waals surface area contributed by atoms with Crippen LogP contribution in [-0.4, -0.2) is 0 Å². The normalized spacial score (nSPS) is 13.1. The van der Waals surface area contributed by atoms with Gasteiger partial charge in [-0.2, -0.15) is 0 Å². The van der Waals surface area contributed by atoms with Crippen molar-refractivity contribution in [3.63, 3.8) is 0 Å². The van der Waals surface area contributed by atoms with Gasteiger partial charge in [-0.25, -0.2) is 0 Å². The summed E-state index contributed by atoms with van der Waals surface area (Å²) in [5, 5.41) is 1.06. The quantitative estimate of drug-likeness (QED) is 0.586. The second-order valence-corrected chi connectivity index (χ2v) is 2.43. The van der Waals surface area contributed by atoms with Crippen LogP contribution >= 0.6 is 0 Å². The molecular formula is C10H12O. The molecule has 0 atom stereocenters. The third-order valence-corrected chi connectivity index (χ3v) is 1.43. The average molecular weight is 148 g/mol. The highest BCUT2D eigenvalue weighted by Gasteiger charge is 1.88. The van der Waals surface area contributed by atoms with E-state index in [1.807, 2.05) is 38.1 Å². The Balaban J connectivity index is 3.23. The lowest BCUT2D eigenvalue weighted by Crippen LogP contribution is -2.16. The number of hydrogen-bond donors (Lipinski definition) is 0. The monoisotopic (exact) mass is 148 g/mol. The van der Waals surface area contributed by atoms with Gasteiger partial charge in [0.05, 0.1) is 0 Å². The van der Waals surface area contributed by atoms with Crippen LogP contribution in [0.2, 0.25) is 0 Å². The van der Waals surface area contributed by atoms with E-state index in [1.54, 1.807) is 0 Å². The van der Waals surface area contributed by atoms with Crippen LogP contribution in [0.1, 0.15) is 12.7 Å². The average Bonchev–Trinajstić information content (AvgIpc) is 2.26. The van der Waals surface area contributed by atoms with Gasteiger partial charge in [0.15, 0.2) is 0 Å². The molecule has 58 valence electrons. The molecule has 11 heavy (non-hydrogen) atoms. The lowest BCUT2D eigenvalue weighted by Gasteiger charge is -1.71. The zero-order chi connectivity index (χ0) is 8.27. The number of allylic oxidation sites excluding steroid dienone is 2.